The third kappa shape index (κ3) is 3.72. The van der Waals surface area contributed by atoms with E-state index in [4.69, 9.17) is 4.74 Å². The molecule has 0 aromatic carbocycles. The summed E-state index contributed by atoms with van der Waals surface area (Å²) >= 11 is 0. The summed E-state index contributed by atoms with van der Waals surface area (Å²) in [7, 11) is 0. The molecule has 0 aromatic heterocycles. The molecule has 0 N–H and O–H groups in total. The van der Waals surface area contributed by atoms with Crippen molar-refractivity contribution in [1.29, 1.82) is 0 Å². The highest BCUT2D eigenvalue weighted by atomic mass is 16.5. The predicted octanol–water partition coefficient (Wildman–Crippen LogP) is 1.83. The number of ether oxygens (including phenoxy) is 1. The molecule has 1 saturated heterocycles. The van der Waals surface area contributed by atoms with E-state index in [9.17, 15) is 9.59 Å². The lowest BCUT2D eigenvalue weighted by Gasteiger charge is -2.33. The fourth-order valence-corrected chi connectivity index (χ4v) is 2.12. The molecule has 98 valence electrons. The lowest BCUT2D eigenvalue weighted by Crippen LogP contribution is -2.44. The van der Waals surface area contributed by atoms with Crippen molar-refractivity contribution in [3.05, 3.63) is 0 Å². The van der Waals surface area contributed by atoms with Crippen LogP contribution in [0.4, 0.5) is 0 Å². The highest BCUT2D eigenvalue weighted by Crippen LogP contribution is 2.20. The zero-order chi connectivity index (χ0) is 12.8. The lowest BCUT2D eigenvalue weighted by atomic mass is 9.96. The van der Waals surface area contributed by atoms with E-state index in [0.717, 1.165) is 25.8 Å². The van der Waals surface area contributed by atoms with Crippen LogP contribution in [-0.2, 0) is 14.3 Å². The third-order valence-electron chi connectivity index (χ3n) is 3.39. The lowest BCUT2D eigenvalue weighted by molar-refractivity contribution is -0.151. The molecule has 1 aliphatic heterocycles. The van der Waals surface area contributed by atoms with E-state index in [1.165, 1.54) is 0 Å². The minimum Gasteiger partial charge on any atom is -0.466 e. The molecule has 1 heterocycles. The molecular weight excluding hydrogens is 218 g/mol. The molecule has 1 amide bonds. The van der Waals surface area contributed by atoms with Crippen LogP contribution < -0.4 is 0 Å². The molecule has 0 radical (unpaired) electrons. The number of amides is 1. The first-order valence-electron chi connectivity index (χ1n) is 6.55. The Labute approximate surface area is 103 Å². The predicted molar refractivity (Wildman–Crippen MR) is 65.4 cm³/mol. The van der Waals surface area contributed by atoms with Gasteiger partial charge in [-0.3, -0.25) is 9.59 Å². The van der Waals surface area contributed by atoms with Crippen LogP contribution in [0.1, 0.15) is 40.0 Å². The Hall–Kier alpha value is -1.06. The van der Waals surface area contributed by atoms with Crippen molar-refractivity contribution in [2.75, 3.05) is 19.7 Å². The first kappa shape index (κ1) is 14.0. The number of likely N-dealkylation sites (tertiary alicyclic amines) is 1. The number of hydrogen-bond acceptors (Lipinski definition) is 3. The van der Waals surface area contributed by atoms with Crippen molar-refractivity contribution in [3.63, 3.8) is 0 Å². The van der Waals surface area contributed by atoms with Crippen LogP contribution in [0.15, 0.2) is 0 Å². The van der Waals surface area contributed by atoms with E-state index in [1.54, 1.807) is 0 Å². The number of piperidine rings is 1. The molecular formula is C13H23NO3. The van der Waals surface area contributed by atoms with E-state index in [1.807, 2.05) is 25.7 Å². The van der Waals surface area contributed by atoms with Gasteiger partial charge in [-0.25, -0.2) is 0 Å². The van der Waals surface area contributed by atoms with Crippen molar-refractivity contribution >= 4 is 11.9 Å². The van der Waals surface area contributed by atoms with Crippen LogP contribution in [0.2, 0.25) is 0 Å². The van der Waals surface area contributed by atoms with Gasteiger partial charge in [0.2, 0.25) is 5.91 Å². The molecule has 1 rings (SSSR count). The fraction of sp³-hybridized carbons (Fsp3) is 0.846. The Morgan fingerprint density at radius 2 is 2.12 bits per heavy atom. The second-order valence-corrected chi connectivity index (χ2v) is 4.68. The Morgan fingerprint density at radius 3 is 2.71 bits per heavy atom. The Kier molecular flexibility index (Phi) is 5.45. The van der Waals surface area contributed by atoms with Crippen LogP contribution in [0.3, 0.4) is 0 Å². The van der Waals surface area contributed by atoms with E-state index < -0.39 is 0 Å². The number of carbonyl (C=O) groups is 2. The maximum Gasteiger partial charge on any atom is 0.310 e. The first-order valence-corrected chi connectivity index (χ1v) is 6.55. The van der Waals surface area contributed by atoms with Crippen molar-refractivity contribution in [2.24, 2.45) is 11.8 Å². The Balaban J connectivity index is 2.54. The number of rotatable bonds is 4. The molecule has 2 atom stereocenters. The summed E-state index contributed by atoms with van der Waals surface area (Å²) in [6.45, 7) is 7.48. The number of esters is 1. The van der Waals surface area contributed by atoms with Gasteiger partial charge < -0.3 is 9.64 Å². The molecule has 17 heavy (non-hydrogen) atoms. The summed E-state index contributed by atoms with van der Waals surface area (Å²) in [6.07, 6.45) is 2.58. The highest BCUT2D eigenvalue weighted by molar-refractivity contribution is 5.80. The quantitative estimate of drug-likeness (QED) is 0.705. The standard InChI is InChI=1S/C13H23NO3/c1-4-10(3)12(15)14-8-6-7-11(9-14)13(16)17-5-2/h10-11H,4-9H2,1-3H3. The molecule has 0 aromatic rings. The summed E-state index contributed by atoms with van der Waals surface area (Å²) < 4.78 is 5.02. The van der Waals surface area contributed by atoms with Crippen molar-refractivity contribution in [1.82, 2.24) is 4.90 Å². The summed E-state index contributed by atoms with van der Waals surface area (Å²) in [5, 5.41) is 0. The average molecular weight is 241 g/mol. The topological polar surface area (TPSA) is 46.6 Å². The molecule has 2 unspecified atom stereocenters. The van der Waals surface area contributed by atoms with Crippen molar-refractivity contribution in [2.45, 2.75) is 40.0 Å². The maximum atomic E-state index is 12.0. The zero-order valence-corrected chi connectivity index (χ0v) is 11.1. The summed E-state index contributed by atoms with van der Waals surface area (Å²) in [4.78, 5) is 25.5. The van der Waals surface area contributed by atoms with Gasteiger partial charge in [0.05, 0.1) is 12.5 Å². The largest absolute Gasteiger partial charge is 0.466 e. The summed E-state index contributed by atoms with van der Waals surface area (Å²) in [6, 6.07) is 0. The highest BCUT2D eigenvalue weighted by Gasteiger charge is 2.30. The number of hydrogen-bond donors (Lipinski definition) is 0. The van der Waals surface area contributed by atoms with Gasteiger partial charge in [0, 0.05) is 19.0 Å². The van der Waals surface area contributed by atoms with Gasteiger partial charge in [-0.15, -0.1) is 0 Å². The van der Waals surface area contributed by atoms with Crippen LogP contribution >= 0.6 is 0 Å². The molecule has 4 heteroatoms. The second-order valence-electron chi connectivity index (χ2n) is 4.68. The van der Waals surface area contributed by atoms with E-state index in [0.29, 0.717) is 13.2 Å². The maximum absolute atomic E-state index is 12.0. The molecule has 0 spiro atoms. The van der Waals surface area contributed by atoms with E-state index in [2.05, 4.69) is 0 Å². The van der Waals surface area contributed by atoms with Crippen LogP contribution in [0, 0.1) is 11.8 Å². The minimum atomic E-state index is -0.158. The van der Waals surface area contributed by atoms with Crippen LogP contribution in [-0.4, -0.2) is 36.5 Å². The smallest absolute Gasteiger partial charge is 0.310 e. The van der Waals surface area contributed by atoms with E-state index >= 15 is 0 Å². The molecule has 0 bridgehead atoms. The Bertz CT molecular complexity index is 278. The van der Waals surface area contributed by atoms with Gasteiger partial charge in [0.1, 0.15) is 0 Å². The number of nitrogens with zero attached hydrogens (tertiary/aromatic N) is 1. The average Bonchev–Trinajstić information content (AvgIpc) is 2.37. The minimum absolute atomic E-state index is 0.0518. The van der Waals surface area contributed by atoms with Gasteiger partial charge in [-0.05, 0) is 26.2 Å². The molecule has 1 fully saturated rings. The van der Waals surface area contributed by atoms with Gasteiger partial charge in [-0.2, -0.15) is 0 Å². The Morgan fingerprint density at radius 1 is 1.41 bits per heavy atom. The van der Waals surface area contributed by atoms with Gasteiger partial charge >= 0.3 is 5.97 Å². The number of carbonyl (C=O) groups excluding carboxylic acids is 2. The van der Waals surface area contributed by atoms with Crippen LogP contribution in [0.5, 0.6) is 0 Å². The summed E-state index contributed by atoms with van der Waals surface area (Å²) in [5.41, 5.74) is 0. The van der Waals surface area contributed by atoms with Crippen molar-refractivity contribution < 1.29 is 14.3 Å². The molecule has 1 aliphatic rings. The van der Waals surface area contributed by atoms with Crippen LogP contribution in [0.25, 0.3) is 0 Å². The first-order chi connectivity index (χ1) is 8.10. The molecule has 4 nitrogen and oxygen atoms in total. The monoisotopic (exact) mass is 241 g/mol. The second kappa shape index (κ2) is 6.62. The van der Waals surface area contributed by atoms with Gasteiger partial charge in [0.15, 0.2) is 0 Å². The normalized spacial score (nSPS) is 22.1. The van der Waals surface area contributed by atoms with Gasteiger partial charge in [-0.1, -0.05) is 13.8 Å². The third-order valence-corrected chi connectivity index (χ3v) is 3.39. The molecule has 0 aliphatic carbocycles. The SMILES string of the molecule is CCOC(=O)C1CCCN(C(=O)C(C)CC)C1. The van der Waals surface area contributed by atoms with E-state index in [-0.39, 0.29) is 23.7 Å². The van der Waals surface area contributed by atoms with Crippen molar-refractivity contribution in [3.8, 4) is 0 Å². The van der Waals surface area contributed by atoms with Gasteiger partial charge in [0.25, 0.3) is 0 Å². The zero-order valence-electron chi connectivity index (χ0n) is 11.1. The summed E-state index contributed by atoms with van der Waals surface area (Å²) in [5.74, 6) is -0.0664. The molecule has 0 saturated carbocycles. The fourth-order valence-electron chi connectivity index (χ4n) is 2.12.